The van der Waals surface area contributed by atoms with E-state index >= 15 is 0 Å². The molecule has 6 heteroatoms. The zero-order valence-corrected chi connectivity index (χ0v) is 13.1. The molecule has 1 aliphatic rings. The van der Waals surface area contributed by atoms with Crippen molar-refractivity contribution in [1.82, 2.24) is 15.1 Å². The summed E-state index contributed by atoms with van der Waals surface area (Å²) in [6, 6.07) is 7.20. The van der Waals surface area contributed by atoms with Crippen LogP contribution in [0.2, 0.25) is 0 Å². The van der Waals surface area contributed by atoms with E-state index in [0.717, 1.165) is 23.2 Å². The minimum absolute atomic E-state index is 0.0687. The van der Waals surface area contributed by atoms with E-state index in [1.165, 1.54) is 0 Å². The van der Waals surface area contributed by atoms with Gasteiger partial charge in [-0.2, -0.15) is 5.10 Å². The number of aromatic nitrogens is 2. The van der Waals surface area contributed by atoms with Crippen molar-refractivity contribution < 1.29 is 9.59 Å². The number of amides is 2. The Balaban J connectivity index is 1.74. The highest BCUT2D eigenvalue weighted by molar-refractivity contribution is 5.97. The van der Waals surface area contributed by atoms with Crippen molar-refractivity contribution in [1.29, 1.82) is 0 Å². The smallest absolute Gasteiger partial charge is 0.247 e. The average molecular weight is 312 g/mol. The number of rotatable bonds is 5. The quantitative estimate of drug-likeness (QED) is 0.890. The summed E-state index contributed by atoms with van der Waals surface area (Å²) in [7, 11) is 0. The van der Waals surface area contributed by atoms with Gasteiger partial charge in [0, 0.05) is 30.4 Å². The van der Waals surface area contributed by atoms with E-state index in [1.807, 2.05) is 31.2 Å². The topological polar surface area (TPSA) is 78.1 Å². The molecule has 1 aromatic heterocycles. The Labute approximate surface area is 134 Å². The molecule has 3 rings (SSSR count). The number of H-pyrrole nitrogens is 1. The van der Waals surface area contributed by atoms with Crippen LogP contribution < -0.4 is 5.32 Å². The van der Waals surface area contributed by atoms with Gasteiger partial charge in [-0.25, -0.2) is 0 Å². The van der Waals surface area contributed by atoms with Crippen LogP contribution in [0.3, 0.4) is 0 Å². The molecule has 120 valence electrons. The minimum atomic E-state index is -0.400. The summed E-state index contributed by atoms with van der Waals surface area (Å²) in [5.74, 6) is -0.0637. The van der Waals surface area contributed by atoms with Gasteiger partial charge in [0.05, 0.1) is 6.20 Å². The molecule has 0 bridgehead atoms. The molecule has 2 heterocycles. The van der Waals surface area contributed by atoms with Gasteiger partial charge in [-0.05, 0) is 30.5 Å². The van der Waals surface area contributed by atoms with Crippen LogP contribution in [0.25, 0.3) is 11.1 Å². The molecular weight excluding hydrogens is 292 g/mol. The zero-order valence-electron chi connectivity index (χ0n) is 13.1. The molecular formula is C17H20N4O2. The highest BCUT2D eigenvalue weighted by Gasteiger charge is 2.31. The van der Waals surface area contributed by atoms with Crippen LogP contribution in [0.1, 0.15) is 26.2 Å². The lowest BCUT2D eigenvalue weighted by atomic mass is 10.1. The Kier molecular flexibility index (Phi) is 4.41. The molecule has 2 amide bonds. The lowest BCUT2D eigenvalue weighted by Crippen LogP contribution is -2.44. The Hall–Kier alpha value is -2.63. The summed E-state index contributed by atoms with van der Waals surface area (Å²) < 4.78 is 0. The molecule has 0 saturated carbocycles. The Morgan fingerprint density at radius 2 is 2.30 bits per heavy atom. The van der Waals surface area contributed by atoms with Gasteiger partial charge >= 0.3 is 0 Å². The van der Waals surface area contributed by atoms with E-state index in [1.54, 1.807) is 17.3 Å². The van der Waals surface area contributed by atoms with E-state index in [4.69, 9.17) is 0 Å². The van der Waals surface area contributed by atoms with Gasteiger partial charge in [0.1, 0.15) is 6.04 Å². The fourth-order valence-electron chi connectivity index (χ4n) is 2.96. The minimum Gasteiger partial charge on any atom is -0.331 e. The van der Waals surface area contributed by atoms with E-state index in [9.17, 15) is 9.59 Å². The van der Waals surface area contributed by atoms with Crippen LogP contribution in [0.15, 0.2) is 36.7 Å². The number of carbonyl (C=O) groups excluding carboxylic acids is 2. The molecule has 1 fully saturated rings. The maximum Gasteiger partial charge on any atom is 0.247 e. The van der Waals surface area contributed by atoms with E-state index < -0.39 is 6.04 Å². The largest absolute Gasteiger partial charge is 0.331 e. The van der Waals surface area contributed by atoms with E-state index in [2.05, 4.69) is 15.5 Å². The Bertz CT molecular complexity index is 696. The van der Waals surface area contributed by atoms with Crippen molar-refractivity contribution in [2.24, 2.45) is 0 Å². The maximum atomic E-state index is 12.6. The number of hydrogen-bond acceptors (Lipinski definition) is 3. The number of benzene rings is 1. The molecule has 1 aliphatic heterocycles. The maximum absolute atomic E-state index is 12.6. The van der Waals surface area contributed by atoms with Gasteiger partial charge in [-0.1, -0.05) is 19.1 Å². The first-order valence-electron chi connectivity index (χ1n) is 7.88. The number of nitrogens with zero attached hydrogens (tertiary/aromatic N) is 2. The molecule has 0 spiro atoms. The third kappa shape index (κ3) is 3.26. The molecule has 1 saturated heterocycles. The summed E-state index contributed by atoms with van der Waals surface area (Å²) in [6.45, 7) is 2.59. The van der Waals surface area contributed by atoms with Crippen LogP contribution in [-0.2, 0) is 9.59 Å². The number of carbonyl (C=O) groups is 2. The lowest BCUT2D eigenvalue weighted by Gasteiger charge is -2.25. The second-order valence-electron chi connectivity index (χ2n) is 5.67. The average Bonchev–Trinajstić information content (AvgIpc) is 3.21. The van der Waals surface area contributed by atoms with Crippen molar-refractivity contribution in [3.05, 3.63) is 36.7 Å². The number of nitrogens with one attached hydrogen (secondary N) is 2. The van der Waals surface area contributed by atoms with Crippen LogP contribution in [0.4, 0.5) is 5.69 Å². The second kappa shape index (κ2) is 6.64. The summed E-state index contributed by atoms with van der Waals surface area (Å²) in [6.07, 6.45) is 5.52. The first-order chi connectivity index (χ1) is 11.2. The van der Waals surface area contributed by atoms with Gasteiger partial charge in [-0.3, -0.25) is 14.7 Å². The highest BCUT2D eigenvalue weighted by Crippen LogP contribution is 2.22. The summed E-state index contributed by atoms with van der Waals surface area (Å²) in [4.78, 5) is 26.1. The Morgan fingerprint density at radius 1 is 1.43 bits per heavy atom. The van der Waals surface area contributed by atoms with Crippen LogP contribution in [0, 0.1) is 0 Å². The highest BCUT2D eigenvalue weighted by atomic mass is 16.2. The van der Waals surface area contributed by atoms with Crippen molar-refractivity contribution >= 4 is 17.5 Å². The molecule has 1 atom stereocenters. The lowest BCUT2D eigenvalue weighted by molar-refractivity contribution is -0.135. The van der Waals surface area contributed by atoms with Crippen molar-refractivity contribution in [2.75, 3.05) is 11.9 Å². The van der Waals surface area contributed by atoms with Gasteiger partial charge in [0.25, 0.3) is 0 Å². The third-order valence-corrected chi connectivity index (χ3v) is 4.14. The first kappa shape index (κ1) is 15.3. The first-order valence-corrected chi connectivity index (χ1v) is 7.88. The molecule has 6 nitrogen and oxygen atoms in total. The molecule has 2 N–H and O–H groups in total. The molecule has 1 aromatic carbocycles. The van der Waals surface area contributed by atoms with Crippen LogP contribution in [-0.4, -0.2) is 39.5 Å². The molecule has 0 radical (unpaired) electrons. The number of anilines is 1. The van der Waals surface area contributed by atoms with E-state index in [0.29, 0.717) is 19.4 Å². The number of hydrogen-bond donors (Lipinski definition) is 2. The van der Waals surface area contributed by atoms with Crippen molar-refractivity contribution in [3.8, 4) is 11.1 Å². The SMILES string of the molecule is CCC(C(=O)Nc1cccc(-c2cn[nH]c2)c1)N1CCCC1=O. The number of aromatic amines is 1. The molecule has 23 heavy (non-hydrogen) atoms. The monoisotopic (exact) mass is 312 g/mol. The Morgan fingerprint density at radius 3 is 2.96 bits per heavy atom. The van der Waals surface area contributed by atoms with Crippen molar-refractivity contribution in [3.63, 3.8) is 0 Å². The summed E-state index contributed by atoms with van der Waals surface area (Å²) in [5, 5.41) is 9.64. The van der Waals surface area contributed by atoms with Gasteiger partial charge in [0.15, 0.2) is 0 Å². The fraction of sp³-hybridized carbons (Fsp3) is 0.353. The normalized spacial score (nSPS) is 15.7. The van der Waals surface area contributed by atoms with Crippen LogP contribution >= 0.6 is 0 Å². The van der Waals surface area contributed by atoms with Gasteiger partial charge in [0.2, 0.25) is 11.8 Å². The van der Waals surface area contributed by atoms with E-state index in [-0.39, 0.29) is 11.8 Å². The van der Waals surface area contributed by atoms with Crippen molar-refractivity contribution in [2.45, 2.75) is 32.2 Å². The predicted octanol–water partition coefficient (Wildman–Crippen LogP) is 2.42. The van der Waals surface area contributed by atoms with Gasteiger partial charge < -0.3 is 10.2 Å². The van der Waals surface area contributed by atoms with Crippen LogP contribution in [0.5, 0.6) is 0 Å². The molecule has 0 aliphatic carbocycles. The van der Waals surface area contributed by atoms with Gasteiger partial charge in [-0.15, -0.1) is 0 Å². The zero-order chi connectivity index (χ0) is 16.2. The molecule has 2 aromatic rings. The second-order valence-corrected chi connectivity index (χ2v) is 5.67. The summed E-state index contributed by atoms with van der Waals surface area (Å²) in [5.41, 5.74) is 2.66. The fourth-order valence-corrected chi connectivity index (χ4v) is 2.96. The standard InChI is InChI=1S/C17H20N4O2/c1-2-15(21-8-4-7-16(21)22)17(23)20-14-6-3-5-12(9-14)13-10-18-19-11-13/h3,5-6,9-11,15H,2,4,7-8H2,1H3,(H,18,19)(H,20,23). The molecule has 1 unspecified atom stereocenters. The predicted molar refractivity (Wildman–Crippen MR) is 87.7 cm³/mol. The number of likely N-dealkylation sites (tertiary alicyclic amines) is 1. The summed E-state index contributed by atoms with van der Waals surface area (Å²) >= 11 is 0. The third-order valence-electron chi connectivity index (χ3n) is 4.14.